The van der Waals surface area contributed by atoms with Gasteiger partial charge in [0.1, 0.15) is 5.70 Å². The van der Waals surface area contributed by atoms with Crippen LogP contribution in [0.2, 0.25) is 0 Å². The van der Waals surface area contributed by atoms with Crippen molar-refractivity contribution in [3.8, 4) is 0 Å². The molecule has 0 radical (unpaired) electrons. The summed E-state index contributed by atoms with van der Waals surface area (Å²) < 4.78 is 0. The Hall–Kier alpha value is -4.52. The van der Waals surface area contributed by atoms with Crippen molar-refractivity contribution in [1.82, 2.24) is 10.6 Å². The molecule has 0 aromatic heterocycles. The van der Waals surface area contributed by atoms with E-state index >= 15 is 0 Å². The number of nitrogens with one attached hydrogen (secondary N) is 2. The van der Waals surface area contributed by atoms with Gasteiger partial charge in [0.05, 0.1) is 4.92 Å². The number of benzene rings is 3. The van der Waals surface area contributed by atoms with Gasteiger partial charge in [-0.15, -0.1) is 0 Å². The number of nitrogens with zero attached hydrogens (tertiary/aromatic N) is 1. The first kappa shape index (κ1) is 22.2. The van der Waals surface area contributed by atoms with Crippen LogP contribution in [0.5, 0.6) is 0 Å². The summed E-state index contributed by atoms with van der Waals surface area (Å²) in [5, 5.41) is 16.2. The molecule has 2 N–H and O–H groups in total. The number of non-ortho nitro benzene ring substituents is 1. The van der Waals surface area contributed by atoms with Crippen LogP contribution in [-0.4, -0.2) is 16.7 Å². The molecule has 0 atom stereocenters. The van der Waals surface area contributed by atoms with Crippen molar-refractivity contribution < 1.29 is 14.5 Å². The van der Waals surface area contributed by atoms with Crippen LogP contribution in [0.15, 0.2) is 103 Å². The van der Waals surface area contributed by atoms with Gasteiger partial charge in [0, 0.05) is 24.2 Å². The first-order chi connectivity index (χ1) is 15.5. The molecule has 0 heterocycles. The zero-order valence-electron chi connectivity index (χ0n) is 17.1. The Bertz CT molecular complexity index is 1140. The van der Waals surface area contributed by atoms with Gasteiger partial charge in [-0.3, -0.25) is 19.7 Å². The second-order valence-corrected chi connectivity index (χ2v) is 6.78. The normalized spacial score (nSPS) is 11.2. The second kappa shape index (κ2) is 11.0. The van der Waals surface area contributed by atoms with Crippen LogP contribution >= 0.6 is 0 Å². The van der Waals surface area contributed by atoms with E-state index in [1.54, 1.807) is 6.08 Å². The number of amides is 2. The van der Waals surface area contributed by atoms with Crippen LogP contribution in [0.1, 0.15) is 21.5 Å². The van der Waals surface area contributed by atoms with Gasteiger partial charge in [0.15, 0.2) is 0 Å². The van der Waals surface area contributed by atoms with E-state index in [4.69, 9.17) is 0 Å². The maximum absolute atomic E-state index is 12.8. The van der Waals surface area contributed by atoms with Gasteiger partial charge in [-0.1, -0.05) is 72.8 Å². The third-order valence-electron chi connectivity index (χ3n) is 4.48. The van der Waals surface area contributed by atoms with E-state index in [2.05, 4.69) is 10.6 Å². The molecule has 32 heavy (non-hydrogen) atoms. The first-order valence-corrected chi connectivity index (χ1v) is 9.84. The molecule has 0 saturated heterocycles. The molecule has 0 spiro atoms. The largest absolute Gasteiger partial charge is 0.347 e. The SMILES string of the molecule is O=C(NCc1ccccc1)/C(=C\C=C\c1ccccc1)NC(=O)c1ccc([N+](=O)[O-])cc1. The van der Waals surface area contributed by atoms with Crippen LogP contribution in [0.3, 0.4) is 0 Å². The van der Waals surface area contributed by atoms with Crippen LogP contribution in [0, 0.1) is 10.1 Å². The van der Waals surface area contributed by atoms with Gasteiger partial charge < -0.3 is 10.6 Å². The molecule has 0 aliphatic rings. The fourth-order valence-corrected chi connectivity index (χ4v) is 2.80. The fraction of sp³-hybridized carbons (Fsp3) is 0.0400. The Morgan fingerprint density at radius 1 is 0.875 bits per heavy atom. The van der Waals surface area contributed by atoms with E-state index in [0.717, 1.165) is 11.1 Å². The van der Waals surface area contributed by atoms with E-state index < -0.39 is 16.7 Å². The number of allylic oxidation sites excluding steroid dienone is 2. The van der Waals surface area contributed by atoms with Crippen LogP contribution in [0.25, 0.3) is 6.08 Å². The lowest BCUT2D eigenvalue weighted by Gasteiger charge is -2.11. The van der Waals surface area contributed by atoms with Gasteiger partial charge in [0.25, 0.3) is 17.5 Å². The highest BCUT2D eigenvalue weighted by Crippen LogP contribution is 2.12. The van der Waals surface area contributed by atoms with Gasteiger partial charge in [0.2, 0.25) is 0 Å². The summed E-state index contributed by atoms with van der Waals surface area (Å²) in [6.07, 6.45) is 4.99. The molecule has 3 aromatic rings. The molecule has 2 amide bonds. The van der Waals surface area contributed by atoms with Gasteiger partial charge in [-0.25, -0.2) is 0 Å². The van der Waals surface area contributed by atoms with Gasteiger partial charge in [-0.05, 0) is 29.3 Å². The van der Waals surface area contributed by atoms with E-state index in [-0.39, 0.29) is 16.9 Å². The summed E-state index contributed by atoms with van der Waals surface area (Å²) in [6, 6.07) is 24.1. The molecule has 7 nitrogen and oxygen atoms in total. The summed E-state index contributed by atoms with van der Waals surface area (Å²) in [7, 11) is 0. The summed E-state index contributed by atoms with van der Waals surface area (Å²) in [5.41, 5.74) is 1.99. The molecule has 0 fully saturated rings. The highest BCUT2D eigenvalue weighted by atomic mass is 16.6. The minimum atomic E-state index is -0.547. The maximum atomic E-state index is 12.8. The molecule has 3 rings (SSSR count). The standard InChI is InChI=1S/C25H21N3O4/c29-24(21-14-16-22(17-15-21)28(31)32)27-23(13-7-12-19-8-3-1-4-9-19)25(30)26-18-20-10-5-2-6-11-20/h1-17H,18H2,(H,26,30)(H,27,29)/b12-7+,23-13+. The smallest absolute Gasteiger partial charge is 0.269 e. The third kappa shape index (κ3) is 6.50. The number of carbonyl (C=O) groups excluding carboxylic acids is 2. The Morgan fingerprint density at radius 2 is 1.50 bits per heavy atom. The fourth-order valence-electron chi connectivity index (χ4n) is 2.80. The summed E-state index contributed by atoms with van der Waals surface area (Å²) >= 11 is 0. The zero-order valence-corrected chi connectivity index (χ0v) is 17.1. The molecular formula is C25H21N3O4. The molecule has 0 bridgehead atoms. The van der Waals surface area contributed by atoms with Crippen molar-refractivity contribution in [3.63, 3.8) is 0 Å². The molecule has 0 unspecified atom stereocenters. The topological polar surface area (TPSA) is 101 Å². The lowest BCUT2D eigenvalue weighted by molar-refractivity contribution is -0.384. The summed E-state index contributed by atoms with van der Waals surface area (Å²) in [6.45, 7) is 0.298. The highest BCUT2D eigenvalue weighted by Gasteiger charge is 2.15. The van der Waals surface area contributed by atoms with Gasteiger partial charge in [-0.2, -0.15) is 0 Å². The predicted molar refractivity (Wildman–Crippen MR) is 122 cm³/mol. The average Bonchev–Trinajstić information content (AvgIpc) is 2.83. The summed E-state index contributed by atoms with van der Waals surface area (Å²) in [5.74, 6) is -1.00. The number of hydrogen-bond donors (Lipinski definition) is 2. The molecule has 3 aromatic carbocycles. The van der Waals surface area contributed by atoms with Crippen molar-refractivity contribution in [2.75, 3.05) is 0 Å². The Morgan fingerprint density at radius 3 is 2.12 bits per heavy atom. The second-order valence-electron chi connectivity index (χ2n) is 6.78. The van der Waals surface area contributed by atoms with Crippen molar-refractivity contribution >= 4 is 23.6 Å². The number of hydrogen-bond acceptors (Lipinski definition) is 4. The minimum Gasteiger partial charge on any atom is -0.347 e. The number of carbonyl (C=O) groups is 2. The van der Waals surface area contributed by atoms with Crippen molar-refractivity contribution in [2.45, 2.75) is 6.54 Å². The molecule has 7 heteroatoms. The van der Waals surface area contributed by atoms with Crippen LogP contribution in [-0.2, 0) is 11.3 Å². The summed E-state index contributed by atoms with van der Waals surface area (Å²) in [4.78, 5) is 35.6. The van der Waals surface area contributed by atoms with Gasteiger partial charge >= 0.3 is 0 Å². The predicted octanol–water partition coefficient (Wildman–Crippen LogP) is 4.24. The molecule has 0 saturated carbocycles. The number of nitro groups is 1. The lowest BCUT2D eigenvalue weighted by atomic mass is 10.1. The van der Waals surface area contributed by atoms with E-state index in [1.165, 1.54) is 30.3 Å². The maximum Gasteiger partial charge on any atom is 0.269 e. The molecular weight excluding hydrogens is 406 g/mol. The molecule has 0 aliphatic heterocycles. The Balaban J connectivity index is 1.76. The third-order valence-corrected chi connectivity index (χ3v) is 4.48. The van der Waals surface area contributed by atoms with E-state index in [9.17, 15) is 19.7 Å². The minimum absolute atomic E-state index is 0.0523. The average molecular weight is 427 g/mol. The van der Waals surface area contributed by atoms with Crippen molar-refractivity contribution in [3.05, 3.63) is 130 Å². The quantitative estimate of drug-likeness (QED) is 0.243. The van der Waals surface area contributed by atoms with Crippen molar-refractivity contribution in [1.29, 1.82) is 0 Å². The number of rotatable bonds is 8. The van der Waals surface area contributed by atoms with E-state index in [0.29, 0.717) is 6.54 Å². The first-order valence-electron chi connectivity index (χ1n) is 9.84. The van der Waals surface area contributed by atoms with Crippen molar-refractivity contribution in [2.24, 2.45) is 0 Å². The molecule has 160 valence electrons. The van der Waals surface area contributed by atoms with Crippen LogP contribution < -0.4 is 10.6 Å². The van der Waals surface area contributed by atoms with E-state index in [1.807, 2.05) is 66.7 Å². The highest BCUT2D eigenvalue weighted by molar-refractivity contribution is 6.03. The lowest BCUT2D eigenvalue weighted by Crippen LogP contribution is -2.34. The van der Waals surface area contributed by atoms with Crippen LogP contribution in [0.4, 0.5) is 5.69 Å². The zero-order chi connectivity index (χ0) is 22.8. The molecule has 0 aliphatic carbocycles. The monoisotopic (exact) mass is 427 g/mol. The number of nitro benzene ring substituents is 1. The Kier molecular flexibility index (Phi) is 7.64. The Labute approximate surface area is 185 Å².